The number of nitro groups is 2. The molecule has 0 radical (unpaired) electrons. The van der Waals surface area contributed by atoms with Crippen molar-refractivity contribution in [2.75, 3.05) is 27.9 Å². The second-order valence-electron chi connectivity index (χ2n) is 7.07. The molecule has 2 aromatic rings. The highest BCUT2D eigenvalue weighted by Crippen LogP contribution is 2.30. The van der Waals surface area contributed by atoms with Gasteiger partial charge in [-0.05, 0) is 24.3 Å². The summed E-state index contributed by atoms with van der Waals surface area (Å²) in [6, 6.07) is 11.2. The molecule has 1 aliphatic heterocycles. The first-order valence-corrected chi connectivity index (χ1v) is 9.90. The van der Waals surface area contributed by atoms with Crippen LogP contribution in [0.15, 0.2) is 48.5 Å². The Bertz CT molecular complexity index is 937. The first kappa shape index (κ1) is 24.3. The molecule has 33 heavy (non-hydrogen) atoms. The van der Waals surface area contributed by atoms with Crippen molar-refractivity contribution in [2.24, 2.45) is 0 Å². The molecule has 0 spiro atoms. The fourth-order valence-corrected chi connectivity index (χ4v) is 3.53. The molecule has 2 aromatic carbocycles. The van der Waals surface area contributed by atoms with Gasteiger partial charge in [0.25, 0.3) is 11.4 Å². The lowest BCUT2D eigenvalue weighted by Crippen LogP contribution is -2.62. The van der Waals surface area contributed by atoms with Crippen molar-refractivity contribution >= 4 is 11.4 Å². The zero-order valence-corrected chi connectivity index (χ0v) is 18.2. The summed E-state index contributed by atoms with van der Waals surface area (Å²) in [6.45, 7) is 0.0345. The van der Waals surface area contributed by atoms with Crippen LogP contribution in [0, 0.1) is 20.2 Å². The minimum atomic E-state index is -0.932. The van der Waals surface area contributed by atoms with Crippen molar-refractivity contribution in [3.63, 3.8) is 0 Å². The number of hydrogen-bond acceptors (Lipinski definition) is 10. The summed E-state index contributed by atoms with van der Waals surface area (Å²) in [5, 5.41) is 21.7. The van der Waals surface area contributed by atoms with Crippen LogP contribution in [0.25, 0.3) is 0 Å². The molecular formula is C21H24N2O10. The van der Waals surface area contributed by atoms with Gasteiger partial charge < -0.3 is 28.4 Å². The number of rotatable bonds is 10. The summed E-state index contributed by atoms with van der Waals surface area (Å²) in [4.78, 5) is 20.7. The van der Waals surface area contributed by atoms with Crippen LogP contribution in [0.4, 0.5) is 11.4 Å². The molecule has 0 unspecified atom stereocenters. The van der Waals surface area contributed by atoms with E-state index in [1.165, 1.54) is 69.9 Å². The number of nitro benzene ring substituents is 2. The Labute approximate surface area is 189 Å². The lowest BCUT2D eigenvalue weighted by atomic mass is 9.98. The second kappa shape index (κ2) is 11.0. The van der Waals surface area contributed by atoms with E-state index in [9.17, 15) is 20.2 Å². The van der Waals surface area contributed by atoms with Crippen LogP contribution in [0.1, 0.15) is 0 Å². The van der Waals surface area contributed by atoms with Crippen molar-refractivity contribution in [3.8, 4) is 11.5 Å². The Balaban J connectivity index is 1.75. The van der Waals surface area contributed by atoms with Gasteiger partial charge in [-0.3, -0.25) is 20.2 Å². The first-order chi connectivity index (χ1) is 15.9. The van der Waals surface area contributed by atoms with Gasteiger partial charge in [-0.2, -0.15) is 0 Å². The number of non-ortho nitro benzene ring substituents is 2. The van der Waals surface area contributed by atoms with Gasteiger partial charge in [0.15, 0.2) is 0 Å². The van der Waals surface area contributed by atoms with E-state index >= 15 is 0 Å². The van der Waals surface area contributed by atoms with Gasteiger partial charge >= 0.3 is 0 Å². The van der Waals surface area contributed by atoms with E-state index in [1.807, 2.05) is 0 Å². The molecule has 0 aromatic heterocycles. The van der Waals surface area contributed by atoms with E-state index < -0.39 is 40.6 Å². The average molecular weight is 464 g/mol. The molecule has 1 fully saturated rings. The molecule has 178 valence electrons. The number of methoxy groups -OCH3 is 3. The summed E-state index contributed by atoms with van der Waals surface area (Å²) in [5.74, 6) is 0.753. The van der Waals surface area contributed by atoms with E-state index in [0.717, 1.165) is 0 Å². The highest BCUT2D eigenvalue weighted by atomic mass is 16.7. The second-order valence-corrected chi connectivity index (χ2v) is 7.07. The van der Waals surface area contributed by atoms with Crippen LogP contribution in [0.3, 0.4) is 0 Å². The van der Waals surface area contributed by atoms with E-state index in [1.54, 1.807) is 0 Å². The molecule has 0 bridgehead atoms. The van der Waals surface area contributed by atoms with Crippen molar-refractivity contribution in [1.82, 2.24) is 0 Å². The largest absolute Gasteiger partial charge is 0.491 e. The molecule has 12 nitrogen and oxygen atoms in total. The van der Waals surface area contributed by atoms with Crippen molar-refractivity contribution in [3.05, 3.63) is 68.8 Å². The highest BCUT2D eigenvalue weighted by molar-refractivity contribution is 5.36. The third-order valence-corrected chi connectivity index (χ3v) is 5.17. The Hall–Kier alpha value is -3.32. The number of hydrogen-bond donors (Lipinski definition) is 0. The zero-order chi connectivity index (χ0) is 24.0. The van der Waals surface area contributed by atoms with Gasteiger partial charge in [0.1, 0.15) is 42.5 Å². The lowest BCUT2D eigenvalue weighted by molar-refractivity contribution is -0.385. The Morgan fingerprint density at radius 2 is 1.24 bits per heavy atom. The van der Waals surface area contributed by atoms with E-state index in [0.29, 0.717) is 11.5 Å². The smallest absolute Gasteiger partial charge is 0.269 e. The molecule has 1 heterocycles. The normalized spacial score (nSPS) is 24.8. The molecule has 0 aliphatic carbocycles. The van der Waals surface area contributed by atoms with Gasteiger partial charge in [-0.25, -0.2) is 0 Å². The zero-order valence-electron chi connectivity index (χ0n) is 18.2. The van der Waals surface area contributed by atoms with Crippen molar-refractivity contribution in [2.45, 2.75) is 30.7 Å². The number of ether oxygens (including phenoxy) is 6. The average Bonchev–Trinajstić information content (AvgIpc) is 2.82. The summed E-state index contributed by atoms with van der Waals surface area (Å²) < 4.78 is 34.5. The molecule has 0 amide bonds. The fourth-order valence-electron chi connectivity index (χ4n) is 3.53. The van der Waals surface area contributed by atoms with Crippen LogP contribution in [-0.2, 0) is 18.9 Å². The van der Waals surface area contributed by atoms with Gasteiger partial charge in [-0.15, -0.1) is 0 Å². The molecular weight excluding hydrogens is 440 g/mol. The van der Waals surface area contributed by atoms with Gasteiger partial charge in [-0.1, -0.05) is 0 Å². The molecule has 3 rings (SSSR count). The van der Waals surface area contributed by atoms with Crippen molar-refractivity contribution in [1.29, 1.82) is 0 Å². The highest BCUT2D eigenvalue weighted by Gasteiger charge is 2.48. The summed E-state index contributed by atoms with van der Waals surface area (Å²) in [7, 11) is 4.49. The minimum Gasteiger partial charge on any atom is -0.491 e. The van der Waals surface area contributed by atoms with E-state index in [2.05, 4.69) is 0 Å². The van der Waals surface area contributed by atoms with Gasteiger partial charge in [0.2, 0.25) is 6.29 Å². The van der Waals surface area contributed by atoms with E-state index in [4.69, 9.17) is 28.4 Å². The van der Waals surface area contributed by atoms with Crippen LogP contribution < -0.4 is 9.47 Å². The maximum Gasteiger partial charge on any atom is 0.269 e. The van der Waals surface area contributed by atoms with E-state index in [-0.39, 0.29) is 18.0 Å². The van der Waals surface area contributed by atoms with Crippen LogP contribution >= 0.6 is 0 Å². The first-order valence-electron chi connectivity index (χ1n) is 9.90. The standard InChI is InChI=1S/C21H24N2O10/c1-28-18-17(12-31-15-8-4-13(5-9-15)22(24)25)33-21(20(30-3)19(18)29-2)32-16-10-6-14(7-11-16)23(26)27/h4-11,17-21H,12H2,1-3H3/t17-,18+,19+,20-,21+/m1/s1. The summed E-state index contributed by atoms with van der Waals surface area (Å²) in [6.07, 6.45) is -3.41. The van der Waals surface area contributed by atoms with Gasteiger partial charge in [0.05, 0.1) is 9.85 Å². The molecule has 5 atom stereocenters. The van der Waals surface area contributed by atoms with Gasteiger partial charge in [0, 0.05) is 45.6 Å². The van der Waals surface area contributed by atoms with Crippen molar-refractivity contribution < 1.29 is 38.3 Å². The molecule has 1 saturated heterocycles. The molecule has 0 saturated carbocycles. The SMILES string of the molecule is CO[C@H]1[C@@H](OC)[C@@H](COc2ccc([N+](=O)[O-])cc2)O[C@H](Oc2ccc([N+](=O)[O-])cc2)[C@@H]1OC. The quantitative estimate of drug-likeness (QED) is 0.380. The maximum atomic E-state index is 10.9. The third kappa shape index (κ3) is 5.73. The Kier molecular flexibility index (Phi) is 8.11. The Morgan fingerprint density at radius 3 is 1.70 bits per heavy atom. The fraction of sp³-hybridized carbons (Fsp3) is 0.429. The summed E-state index contributed by atoms with van der Waals surface area (Å²) in [5.41, 5.74) is -0.122. The van der Waals surface area contributed by atoms with Crippen LogP contribution in [-0.4, -0.2) is 68.5 Å². The number of benzene rings is 2. The monoisotopic (exact) mass is 464 g/mol. The molecule has 12 heteroatoms. The molecule has 0 N–H and O–H groups in total. The minimum absolute atomic E-state index is 0.0345. The third-order valence-electron chi connectivity index (χ3n) is 5.17. The van der Waals surface area contributed by atoms with Crippen LogP contribution in [0.5, 0.6) is 11.5 Å². The number of nitrogens with zero attached hydrogens (tertiary/aromatic N) is 2. The topological polar surface area (TPSA) is 142 Å². The molecule has 1 aliphatic rings. The predicted molar refractivity (Wildman–Crippen MR) is 113 cm³/mol. The lowest BCUT2D eigenvalue weighted by Gasteiger charge is -2.44. The Morgan fingerprint density at radius 1 is 0.758 bits per heavy atom. The summed E-state index contributed by atoms with van der Waals surface area (Å²) >= 11 is 0. The maximum absolute atomic E-state index is 10.9. The van der Waals surface area contributed by atoms with Crippen LogP contribution in [0.2, 0.25) is 0 Å². The predicted octanol–water partition coefficient (Wildman–Crippen LogP) is 2.73.